The van der Waals surface area contributed by atoms with E-state index in [-0.39, 0.29) is 25.3 Å². The molecule has 2 aromatic carbocycles. The zero-order valence-electron chi connectivity index (χ0n) is 19.7. The van der Waals surface area contributed by atoms with E-state index in [4.69, 9.17) is 4.74 Å². The van der Waals surface area contributed by atoms with Crippen molar-refractivity contribution in [1.82, 2.24) is 17.8 Å². The van der Waals surface area contributed by atoms with Gasteiger partial charge in [0, 0.05) is 0 Å². The van der Waals surface area contributed by atoms with E-state index in [0.717, 1.165) is 16.5 Å². The molecule has 0 saturated carbocycles. The van der Waals surface area contributed by atoms with Crippen LogP contribution >= 0.6 is 0 Å². The predicted molar refractivity (Wildman–Crippen MR) is 129 cm³/mol. The number of aromatic nitrogens is 2. The van der Waals surface area contributed by atoms with Gasteiger partial charge in [0.15, 0.2) is 0 Å². The summed E-state index contributed by atoms with van der Waals surface area (Å²) in [7, 11) is 0. The van der Waals surface area contributed by atoms with Gasteiger partial charge in [-0.2, -0.15) is 0 Å². The number of hydrogen-bond donors (Lipinski definition) is 2. The molecular formula is C24H25FN5O4Tl. The Bertz CT molecular complexity index is 1290. The number of ether oxygens (including phenoxy) is 1. The molecule has 2 heterocycles. The van der Waals surface area contributed by atoms with Crippen LogP contribution in [0.25, 0.3) is 22.2 Å². The molecule has 3 aromatic rings. The van der Waals surface area contributed by atoms with Gasteiger partial charge in [-0.1, -0.05) is 0 Å². The summed E-state index contributed by atoms with van der Waals surface area (Å²) in [6, 6.07) is 11.5. The van der Waals surface area contributed by atoms with Crippen LogP contribution in [0.4, 0.5) is 14.9 Å². The first kappa shape index (κ1) is 25.1. The van der Waals surface area contributed by atoms with Gasteiger partial charge in [0.05, 0.1) is 0 Å². The van der Waals surface area contributed by atoms with Crippen LogP contribution in [0, 0.1) is 5.82 Å². The van der Waals surface area contributed by atoms with Crippen molar-refractivity contribution in [1.29, 1.82) is 0 Å². The summed E-state index contributed by atoms with van der Waals surface area (Å²) in [5.41, 5.74) is 0.930. The van der Waals surface area contributed by atoms with Crippen molar-refractivity contribution >= 4 is 61.1 Å². The molecule has 1 saturated heterocycles. The summed E-state index contributed by atoms with van der Waals surface area (Å²) in [5.74, 6) is -0.762. The predicted octanol–water partition coefficient (Wildman–Crippen LogP) is 2.84. The first-order valence-electron chi connectivity index (χ1n) is 11.1. The van der Waals surface area contributed by atoms with Gasteiger partial charge < -0.3 is 0 Å². The molecule has 35 heavy (non-hydrogen) atoms. The van der Waals surface area contributed by atoms with E-state index in [1.54, 1.807) is 39.0 Å². The molecule has 1 atom stereocenters. The van der Waals surface area contributed by atoms with E-state index in [2.05, 4.69) is 15.7 Å². The number of carbonyl (C=O) groups is 3. The van der Waals surface area contributed by atoms with E-state index >= 15 is 0 Å². The maximum absolute atomic E-state index is 13.4. The Morgan fingerprint density at radius 3 is 2.57 bits per heavy atom. The number of likely N-dealkylation sites (tertiary alicyclic amines) is 1. The zero-order valence-corrected chi connectivity index (χ0v) is 24.2. The average molecular weight is 671 g/mol. The van der Waals surface area contributed by atoms with Gasteiger partial charge in [-0.05, 0) is 20.8 Å². The van der Waals surface area contributed by atoms with E-state index in [1.165, 1.54) is 17.0 Å². The number of halogens is 1. The van der Waals surface area contributed by atoms with Crippen LogP contribution in [0.2, 0.25) is 0 Å². The molecule has 0 spiro atoms. The first-order chi connectivity index (χ1) is 16.5. The molecule has 180 valence electrons. The summed E-state index contributed by atoms with van der Waals surface area (Å²) in [5, 5.41) is 10.9. The molecule has 0 aliphatic carbocycles. The Balaban J connectivity index is 1.59. The van der Waals surface area contributed by atoms with Crippen LogP contribution in [0.1, 0.15) is 27.2 Å². The Hall–Kier alpha value is -3.03. The molecular weight excluding hydrogens is 646 g/mol. The van der Waals surface area contributed by atoms with E-state index in [0.29, 0.717) is 43.9 Å². The molecule has 4 rings (SSSR count). The standard InChI is InChI=1S/C24H26FN5O4.Tl/c1-23(2,3)34-22(33)30-11-10-24(13-30,26-14-31)21(32)27-17-8-9-19-18(12-17)20(29-28-19)15-4-6-16(25)7-5-15;/h4-9,12,14H,10-11,13H2,1-3H3,(H3,26,27,28,29,31,32);/q;+1/p-1. The molecule has 0 bridgehead atoms. The van der Waals surface area contributed by atoms with Crippen LogP contribution in [0.3, 0.4) is 0 Å². The zero-order chi connectivity index (χ0) is 25.4. The quantitative estimate of drug-likeness (QED) is 0.321. The van der Waals surface area contributed by atoms with E-state index < -0.39 is 23.1 Å². The minimum atomic E-state index is -1.28. The first-order valence-corrected chi connectivity index (χ1v) is 13.1. The van der Waals surface area contributed by atoms with Crippen molar-refractivity contribution in [2.45, 2.75) is 38.3 Å². The Morgan fingerprint density at radius 2 is 1.91 bits per heavy atom. The fourth-order valence-corrected chi connectivity index (χ4v) is 5.39. The SMILES string of the molecule is CC(C)(C)OC(=O)N1CCC(NC=O)(C(=O)Nc2ccc3c(c2)c(-c2ccc(F)cc2)n[n]3[Tl])C1. The molecule has 1 aromatic heterocycles. The molecule has 1 aliphatic rings. The number of amides is 3. The Kier molecular flexibility index (Phi) is 6.84. The molecule has 1 aliphatic heterocycles. The van der Waals surface area contributed by atoms with Crippen molar-refractivity contribution in [3.05, 3.63) is 48.3 Å². The van der Waals surface area contributed by atoms with Gasteiger partial charge in [-0.15, -0.1) is 0 Å². The molecule has 1 unspecified atom stereocenters. The Morgan fingerprint density at radius 1 is 1.20 bits per heavy atom. The number of fused-ring (bicyclic) bond motifs is 1. The van der Waals surface area contributed by atoms with Crippen molar-refractivity contribution < 1.29 is 23.5 Å². The number of carbonyl (C=O) groups excluding carboxylic acids is 3. The number of benzene rings is 2. The molecule has 0 radical (unpaired) electrons. The maximum atomic E-state index is 13.4. The second-order valence-electron chi connectivity index (χ2n) is 9.48. The van der Waals surface area contributed by atoms with Crippen LogP contribution in [-0.4, -0.2) is 81.2 Å². The third-order valence-electron chi connectivity index (χ3n) is 5.77. The van der Waals surface area contributed by atoms with Crippen LogP contribution in [-0.2, 0) is 14.3 Å². The third kappa shape index (κ3) is 5.31. The summed E-state index contributed by atoms with van der Waals surface area (Å²) in [6.45, 7) is 5.56. The number of anilines is 1. The van der Waals surface area contributed by atoms with Crippen LogP contribution in [0.5, 0.6) is 0 Å². The molecule has 3 amide bonds. The van der Waals surface area contributed by atoms with Gasteiger partial charge in [0.25, 0.3) is 0 Å². The fraction of sp³-hybridized carbons (Fsp3) is 0.333. The van der Waals surface area contributed by atoms with Gasteiger partial charge >= 0.3 is 192 Å². The van der Waals surface area contributed by atoms with Gasteiger partial charge in [0.1, 0.15) is 5.60 Å². The second-order valence-corrected chi connectivity index (χ2v) is 11.4. The number of rotatable bonds is 5. The molecule has 1 fully saturated rings. The van der Waals surface area contributed by atoms with Gasteiger partial charge in [-0.25, -0.2) is 0 Å². The van der Waals surface area contributed by atoms with Crippen LogP contribution in [0.15, 0.2) is 42.5 Å². The van der Waals surface area contributed by atoms with Crippen molar-refractivity contribution in [3.8, 4) is 11.3 Å². The second kappa shape index (κ2) is 9.55. The number of nitrogens with zero attached hydrogens (tertiary/aromatic N) is 3. The van der Waals surface area contributed by atoms with E-state index in [1.807, 2.05) is 14.6 Å². The third-order valence-corrected chi connectivity index (χ3v) is 7.30. The van der Waals surface area contributed by atoms with Crippen molar-refractivity contribution in [3.63, 3.8) is 0 Å². The molecule has 11 heteroatoms. The Labute approximate surface area is 218 Å². The molecule has 9 nitrogen and oxygen atoms in total. The average Bonchev–Trinajstić information content (AvgIpc) is 3.36. The number of hydrogen-bond acceptors (Lipinski definition) is 5. The summed E-state index contributed by atoms with van der Waals surface area (Å²) in [4.78, 5) is 38.6. The molecule has 2 N–H and O–H groups in total. The van der Waals surface area contributed by atoms with Gasteiger partial charge in [-0.3, -0.25) is 0 Å². The summed E-state index contributed by atoms with van der Waals surface area (Å²) >= 11 is 0.412. The van der Waals surface area contributed by atoms with Crippen LogP contribution < -0.4 is 10.6 Å². The van der Waals surface area contributed by atoms with Gasteiger partial charge in [0.2, 0.25) is 0 Å². The summed E-state index contributed by atoms with van der Waals surface area (Å²) < 4.78 is 20.7. The summed E-state index contributed by atoms with van der Waals surface area (Å²) in [6.07, 6.45) is 0.186. The number of nitrogens with one attached hydrogen (secondary N) is 2. The van der Waals surface area contributed by atoms with Crippen molar-refractivity contribution in [2.75, 3.05) is 18.4 Å². The topological polar surface area (TPSA) is 106 Å². The normalized spacial score (nSPS) is 17.9. The van der Waals surface area contributed by atoms with Crippen molar-refractivity contribution in [2.24, 2.45) is 0 Å². The van der Waals surface area contributed by atoms with E-state index in [9.17, 15) is 18.8 Å². The monoisotopic (exact) mass is 671 g/mol. The fourth-order valence-electron chi connectivity index (χ4n) is 4.06. The minimum absolute atomic E-state index is 0.00479.